The minimum atomic E-state index is -0.731. The third-order valence-corrected chi connectivity index (χ3v) is 7.85. The fourth-order valence-electron chi connectivity index (χ4n) is 4.87. The van der Waals surface area contributed by atoms with E-state index in [1.54, 1.807) is 24.3 Å². The number of halogens is 2. The number of allylic oxidation sites excluding steroid dienone is 2. The van der Waals surface area contributed by atoms with Crippen LogP contribution in [0.4, 0.5) is 4.39 Å². The molecule has 1 aliphatic carbocycles. The van der Waals surface area contributed by atoms with Crippen LogP contribution in [0.15, 0.2) is 77.3 Å². The summed E-state index contributed by atoms with van der Waals surface area (Å²) in [5, 5.41) is 21.5. The van der Waals surface area contributed by atoms with Gasteiger partial charge >= 0.3 is 5.97 Å². The van der Waals surface area contributed by atoms with E-state index in [0.717, 1.165) is 16.5 Å². The summed E-state index contributed by atoms with van der Waals surface area (Å²) in [6.07, 6.45) is 10.2. The molecule has 0 spiro atoms. The zero-order valence-corrected chi connectivity index (χ0v) is 23.4. The van der Waals surface area contributed by atoms with E-state index in [0.29, 0.717) is 50.7 Å². The second-order valence-corrected chi connectivity index (χ2v) is 10.6. The smallest absolute Gasteiger partial charge is 0.305 e. The second kappa shape index (κ2) is 15.9. The molecule has 7 heteroatoms. The van der Waals surface area contributed by atoms with Crippen molar-refractivity contribution in [2.24, 2.45) is 11.8 Å². The topological polar surface area (TPSA) is 76.0 Å². The van der Waals surface area contributed by atoms with Crippen LogP contribution in [0.25, 0.3) is 0 Å². The van der Waals surface area contributed by atoms with Crippen molar-refractivity contribution >= 4 is 21.9 Å². The molecule has 0 amide bonds. The number of ether oxygens (including phenoxy) is 2. The van der Waals surface area contributed by atoms with E-state index < -0.39 is 12.2 Å². The van der Waals surface area contributed by atoms with Gasteiger partial charge in [0.25, 0.3) is 0 Å². The number of benzene rings is 2. The van der Waals surface area contributed by atoms with E-state index in [2.05, 4.69) is 26.7 Å². The molecule has 38 heavy (non-hydrogen) atoms. The summed E-state index contributed by atoms with van der Waals surface area (Å²) in [5.41, 5.74) is 1.62. The van der Waals surface area contributed by atoms with Gasteiger partial charge in [0.2, 0.25) is 0 Å². The maximum atomic E-state index is 13.9. The maximum absolute atomic E-state index is 13.9. The van der Waals surface area contributed by atoms with Gasteiger partial charge in [0.05, 0.1) is 32.0 Å². The molecule has 0 bridgehead atoms. The molecule has 5 atom stereocenters. The molecule has 2 aromatic carbocycles. The number of rotatable bonds is 14. The molecule has 206 valence electrons. The largest absolute Gasteiger partial charge is 0.469 e. The molecule has 0 saturated heterocycles. The summed E-state index contributed by atoms with van der Waals surface area (Å²) in [4.78, 5) is 11.3. The van der Waals surface area contributed by atoms with Crippen LogP contribution in [0.5, 0.6) is 0 Å². The SMILES string of the molecule is COC(=O)CCC/C=C/CC1C(O)CC(OCc2ccccc2Br)C1/C=C/C(O)CCc1ccccc1F. The average molecular weight is 590 g/mol. The summed E-state index contributed by atoms with van der Waals surface area (Å²) in [6.45, 7) is 0.412. The van der Waals surface area contributed by atoms with Crippen LogP contribution >= 0.6 is 15.9 Å². The number of carbonyl (C=O) groups excluding carboxylic acids is 1. The first-order valence-corrected chi connectivity index (χ1v) is 14.0. The first kappa shape index (κ1) is 30.2. The Hall–Kier alpha value is -2.32. The summed E-state index contributed by atoms with van der Waals surface area (Å²) in [7, 11) is 1.39. The van der Waals surface area contributed by atoms with Gasteiger partial charge in [0, 0.05) is 23.2 Å². The Morgan fingerprint density at radius 3 is 2.63 bits per heavy atom. The minimum absolute atomic E-state index is 0.0638. The lowest BCUT2D eigenvalue weighted by atomic mass is 9.89. The van der Waals surface area contributed by atoms with Gasteiger partial charge in [0.15, 0.2) is 0 Å². The highest BCUT2D eigenvalue weighted by Crippen LogP contribution is 2.39. The van der Waals surface area contributed by atoms with Crippen molar-refractivity contribution < 1.29 is 28.9 Å². The third kappa shape index (κ3) is 9.45. The Morgan fingerprint density at radius 1 is 1.16 bits per heavy atom. The van der Waals surface area contributed by atoms with Crippen LogP contribution in [0.1, 0.15) is 49.7 Å². The lowest BCUT2D eigenvalue weighted by Crippen LogP contribution is -2.22. The lowest BCUT2D eigenvalue weighted by molar-refractivity contribution is -0.140. The van der Waals surface area contributed by atoms with E-state index in [9.17, 15) is 19.4 Å². The fraction of sp³-hybridized carbons (Fsp3) is 0.452. The summed E-state index contributed by atoms with van der Waals surface area (Å²) in [6, 6.07) is 14.5. The van der Waals surface area contributed by atoms with Crippen LogP contribution in [0, 0.1) is 17.7 Å². The van der Waals surface area contributed by atoms with Gasteiger partial charge in [0.1, 0.15) is 5.82 Å². The lowest BCUT2D eigenvalue weighted by Gasteiger charge is -2.23. The van der Waals surface area contributed by atoms with Gasteiger partial charge in [-0.25, -0.2) is 4.39 Å². The zero-order valence-electron chi connectivity index (χ0n) is 21.8. The molecule has 0 heterocycles. The number of aryl methyl sites for hydroxylation is 1. The predicted octanol–water partition coefficient (Wildman–Crippen LogP) is 6.31. The molecular weight excluding hydrogens is 551 g/mol. The van der Waals surface area contributed by atoms with Crippen LogP contribution in [-0.4, -0.2) is 41.6 Å². The first-order valence-electron chi connectivity index (χ1n) is 13.2. The van der Waals surface area contributed by atoms with Crippen molar-refractivity contribution in [3.63, 3.8) is 0 Å². The number of carbonyl (C=O) groups is 1. The number of methoxy groups -OCH3 is 1. The standard InChI is InChI=1S/C31H38BrFO5/c1-37-31(36)15-5-3-2-4-12-25-26(19-18-24(34)17-16-22-10-7-9-14-28(22)33)30(20-29(25)35)38-21-23-11-6-8-13-27(23)32/h2,4,6-11,13-14,18-19,24-26,29-30,34-35H,3,5,12,15-17,20-21H2,1H3/b4-2+,19-18+. The minimum Gasteiger partial charge on any atom is -0.469 e. The Morgan fingerprint density at radius 2 is 1.89 bits per heavy atom. The number of unbranched alkanes of at least 4 members (excludes halogenated alkanes) is 1. The Labute approximate surface area is 233 Å². The Balaban J connectivity index is 1.63. The molecule has 2 aromatic rings. The molecule has 0 aliphatic heterocycles. The van der Waals surface area contributed by atoms with Gasteiger partial charge in [-0.1, -0.05) is 76.6 Å². The van der Waals surface area contributed by atoms with Crippen molar-refractivity contribution in [1.82, 2.24) is 0 Å². The van der Waals surface area contributed by atoms with Crippen LogP contribution in [-0.2, 0) is 27.3 Å². The molecule has 5 unspecified atom stereocenters. The van der Waals surface area contributed by atoms with Gasteiger partial charge in [-0.3, -0.25) is 4.79 Å². The van der Waals surface area contributed by atoms with Crippen LogP contribution in [0.2, 0.25) is 0 Å². The normalized spacial score (nSPS) is 22.3. The highest BCUT2D eigenvalue weighted by molar-refractivity contribution is 9.10. The number of esters is 1. The number of hydrogen-bond donors (Lipinski definition) is 2. The third-order valence-electron chi connectivity index (χ3n) is 7.08. The molecule has 0 aromatic heterocycles. The number of aliphatic hydroxyl groups excluding tert-OH is 2. The van der Waals surface area contributed by atoms with Gasteiger partial charge in [-0.2, -0.15) is 0 Å². The average Bonchev–Trinajstić information content (AvgIpc) is 3.21. The molecule has 1 aliphatic rings. The Bertz CT molecular complexity index is 1070. The first-order chi connectivity index (χ1) is 18.4. The molecule has 2 N–H and O–H groups in total. The zero-order chi connectivity index (χ0) is 27.3. The highest BCUT2D eigenvalue weighted by atomic mass is 79.9. The number of hydrogen-bond acceptors (Lipinski definition) is 5. The van der Waals surface area contributed by atoms with E-state index in [1.165, 1.54) is 13.2 Å². The van der Waals surface area contributed by atoms with Crippen LogP contribution in [0.3, 0.4) is 0 Å². The van der Waals surface area contributed by atoms with E-state index >= 15 is 0 Å². The van der Waals surface area contributed by atoms with Crippen molar-refractivity contribution in [1.29, 1.82) is 0 Å². The van der Waals surface area contributed by atoms with Crippen molar-refractivity contribution in [3.8, 4) is 0 Å². The van der Waals surface area contributed by atoms with Crippen molar-refractivity contribution in [3.05, 3.63) is 94.3 Å². The van der Waals surface area contributed by atoms with Crippen molar-refractivity contribution in [2.75, 3.05) is 7.11 Å². The molecule has 0 radical (unpaired) electrons. The highest BCUT2D eigenvalue weighted by Gasteiger charge is 2.41. The maximum Gasteiger partial charge on any atom is 0.305 e. The monoisotopic (exact) mass is 588 g/mol. The summed E-state index contributed by atoms with van der Waals surface area (Å²) in [5.74, 6) is -0.628. The van der Waals surface area contributed by atoms with Gasteiger partial charge in [-0.05, 0) is 61.3 Å². The Kier molecular flexibility index (Phi) is 12.7. The fourth-order valence-corrected chi connectivity index (χ4v) is 5.27. The molecule has 1 saturated carbocycles. The molecule has 3 rings (SSSR count). The number of aliphatic hydroxyl groups is 2. The molecular formula is C31H38BrFO5. The quantitative estimate of drug-likeness (QED) is 0.154. The molecule has 5 nitrogen and oxygen atoms in total. The van der Waals surface area contributed by atoms with E-state index in [4.69, 9.17) is 4.74 Å². The summed E-state index contributed by atoms with van der Waals surface area (Å²) < 4.78 is 25.9. The van der Waals surface area contributed by atoms with Gasteiger partial charge in [-0.15, -0.1) is 0 Å². The summed E-state index contributed by atoms with van der Waals surface area (Å²) >= 11 is 3.56. The van der Waals surface area contributed by atoms with E-state index in [1.807, 2.05) is 36.4 Å². The van der Waals surface area contributed by atoms with Crippen molar-refractivity contribution in [2.45, 2.75) is 69.9 Å². The van der Waals surface area contributed by atoms with Crippen LogP contribution < -0.4 is 0 Å². The van der Waals surface area contributed by atoms with E-state index in [-0.39, 0.29) is 29.7 Å². The molecule has 1 fully saturated rings. The predicted molar refractivity (Wildman–Crippen MR) is 150 cm³/mol. The second-order valence-electron chi connectivity index (χ2n) is 9.74. The van der Waals surface area contributed by atoms with Gasteiger partial charge < -0.3 is 19.7 Å².